The number of carbonyl (C=O) groups excluding carboxylic acids is 2. The number of aliphatic hydroxyl groups excluding tert-OH is 1. The zero-order chi connectivity index (χ0) is 9.56. The molecule has 2 N–H and O–H groups in total. The Morgan fingerprint density at radius 3 is 2.42 bits per heavy atom. The Balaban J connectivity index is 3.40. The molecule has 1 amide bonds. The summed E-state index contributed by atoms with van der Waals surface area (Å²) < 4.78 is 0. The van der Waals surface area contributed by atoms with Crippen LogP contribution in [-0.4, -0.2) is 29.4 Å². The minimum absolute atomic E-state index is 0.00203. The molecule has 0 aliphatic rings. The van der Waals surface area contributed by atoms with Crippen molar-refractivity contribution in [1.82, 2.24) is 5.32 Å². The normalized spacial score (nSPS) is 12.2. The van der Waals surface area contributed by atoms with Crippen LogP contribution < -0.4 is 5.32 Å². The molecule has 70 valence electrons. The molecule has 0 fully saturated rings. The van der Waals surface area contributed by atoms with Gasteiger partial charge in [-0.05, 0) is 13.8 Å². The molecule has 1 atom stereocenters. The number of hydrogen-bond donors (Lipinski definition) is 2. The average Bonchev–Trinajstić information content (AvgIpc) is 1.96. The van der Waals surface area contributed by atoms with E-state index in [4.69, 9.17) is 5.11 Å². The molecule has 0 aliphatic carbocycles. The summed E-state index contributed by atoms with van der Waals surface area (Å²) in [5.74, 6) is -0.187. The number of carbonyl (C=O) groups is 2. The second-order valence-corrected chi connectivity index (χ2v) is 2.86. The Hall–Kier alpha value is -0.900. The topological polar surface area (TPSA) is 66.4 Å². The van der Waals surface area contributed by atoms with Gasteiger partial charge < -0.3 is 15.2 Å². The first-order chi connectivity index (χ1) is 5.52. The quantitative estimate of drug-likeness (QED) is 0.607. The molecular formula is C8H15NO3. The van der Waals surface area contributed by atoms with Gasteiger partial charge in [-0.15, -0.1) is 0 Å². The zero-order valence-corrected chi connectivity index (χ0v) is 7.46. The lowest BCUT2D eigenvalue weighted by Gasteiger charge is -2.05. The molecule has 0 aromatic carbocycles. The lowest BCUT2D eigenvalue weighted by atomic mass is 10.2. The fourth-order valence-electron chi connectivity index (χ4n) is 0.639. The summed E-state index contributed by atoms with van der Waals surface area (Å²) in [6.07, 6.45) is -0.0560. The molecule has 0 bridgehead atoms. The lowest BCUT2D eigenvalue weighted by molar-refractivity contribution is -0.124. The van der Waals surface area contributed by atoms with Crippen LogP contribution in [0.15, 0.2) is 0 Å². The zero-order valence-electron chi connectivity index (χ0n) is 7.46. The molecule has 4 heteroatoms. The molecule has 0 unspecified atom stereocenters. The molecule has 0 aromatic rings. The number of nitrogens with one attached hydrogen (secondary N) is 1. The smallest absolute Gasteiger partial charge is 0.220 e. The Morgan fingerprint density at radius 2 is 2.00 bits per heavy atom. The molecule has 0 radical (unpaired) electrons. The molecule has 0 spiro atoms. The highest BCUT2D eigenvalue weighted by molar-refractivity contribution is 5.83. The minimum atomic E-state index is -0.536. The number of Topliss-reactive ketones (excluding diaryl/α,β-unsaturated/α-hetero) is 1. The average molecular weight is 173 g/mol. The van der Waals surface area contributed by atoms with Gasteiger partial charge in [-0.1, -0.05) is 0 Å². The largest absolute Gasteiger partial charge is 0.392 e. The first kappa shape index (κ1) is 11.1. The maximum Gasteiger partial charge on any atom is 0.220 e. The van der Waals surface area contributed by atoms with Gasteiger partial charge in [0.25, 0.3) is 0 Å². The van der Waals surface area contributed by atoms with Crippen molar-refractivity contribution in [2.24, 2.45) is 0 Å². The van der Waals surface area contributed by atoms with Gasteiger partial charge in [0, 0.05) is 19.4 Å². The summed E-state index contributed by atoms with van der Waals surface area (Å²) in [6, 6.07) is 0. The van der Waals surface area contributed by atoms with Gasteiger partial charge in [-0.25, -0.2) is 0 Å². The minimum Gasteiger partial charge on any atom is -0.392 e. The van der Waals surface area contributed by atoms with Gasteiger partial charge in [0.05, 0.1) is 6.10 Å². The maximum absolute atomic E-state index is 10.9. The predicted octanol–water partition coefficient (Wildman–Crippen LogP) is -0.147. The Kier molecular flexibility index (Phi) is 5.28. The van der Waals surface area contributed by atoms with E-state index in [0.717, 1.165) is 0 Å². The van der Waals surface area contributed by atoms with E-state index < -0.39 is 6.10 Å². The van der Waals surface area contributed by atoms with E-state index in [0.29, 0.717) is 0 Å². The molecule has 0 saturated heterocycles. The van der Waals surface area contributed by atoms with E-state index in [1.54, 1.807) is 6.92 Å². The van der Waals surface area contributed by atoms with Crippen LogP contribution in [0.2, 0.25) is 0 Å². The maximum atomic E-state index is 10.9. The number of amides is 1. The van der Waals surface area contributed by atoms with Crippen LogP contribution >= 0.6 is 0 Å². The third-order valence-corrected chi connectivity index (χ3v) is 1.30. The van der Waals surface area contributed by atoms with Crippen LogP contribution in [0.1, 0.15) is 26.7 Å². The Labute approximate surface area is 72.0 Å². The molecule has 0 rings (SSSR count). The van der Waals surface area contributed by atoms with Crippen molar-refractivity contribution >= 4 is 11.7 Å². The molecular weight excluding hydrogens is 158 g/mol. The predicted molar refractivity (Wildman–Crippen MR) is 44.6 cm³/mol. The molecule has 12 heavy (non-hydrogen) atoms. The van der Waals surface area contributed by atoms with Crippen molar-refractivity contribution in [1.29, 1.82) is 0 Å². The summed E-state index contributed by atoms with van der Waals surface area (Å²) in [5, 5.41) is 11.3. The van der Waals surface area contributed by atoms with Crippen molar-refractivity contribution < 1.29 is 14.7 Å². The van der Waals surface area contributed by atoms with Gasteiger partial charge >= 0.3 is 0 Å². The Bertz CT molecular complexity index is 166. The van der Waals surface area contributed by atoms with E-state index in [2.05, 4.69) is 5.32 Å². The van der Waals surface area contributed by atoms with E-state index in [1.165, 1.54) is 6.92 Å². The van der Waals surface area contributed by atoms with E-state index in [9.17, 15) is 9.59 Å². The first-order valence-electron chi connectivity index (χ1n) is 3.96. The van der Waals surface area contributed by atoms with Crippen molar-refractivity contribution in [3.8, 4) is 0 Å². The highest BCUT2D eigenvalue weighted by Gasteiger charge is 2.03. The second kappa shape index (κ2) is 5.71. The van der Waals surface area contributed by atoms with E-state index in [1.807, 2.05) is 0 Å². The second-order valence-electron chi connectivity index (χ2n) is 2.86. The van der Waals surface area contributed by atoms with Gasteiger partial charge in [-0.2, -0.15) is 0 Å². The lowest BCUT2D eigenvalue weighted by Crippen LogP contribution is -2.30. The van der Waals surface area contributed by atoms with E-state index >= 15 is 0 Å². The monoisotopic (exact) mass is 173 g/mol. The summed E-state index contributed by atoms with van der Waals surface area (Å²) in [6.45, 7) is 3.28. The van der Waals surface area contributed by atoms with Gasteiger partial charge in [0.1, 0.15) is 5.78 Å². The third kappa shape index (κ3) is 7.21. The van der Waals surface area contributed by atoms with Crippen LogP contribution in [0.25, 0.3) is 0 Å². The summed E-state index contributed by atoms with van der Waals surface area (Å²) in [5.41, 5.74) is 0. The molecule has 0 heterocycles. The number of aliphatic hydroxyl groups is 1. The van der Waals surface area contributed by atoms with Crippen molar-refractivity contribution in [2.45, 2.75) is 32.8 Å². The van der Waals surface area contributed by atoms with Crippen molar-refractivity contribution in [3.05, 3.63) is 0 Å². The van der Waals surface area contributed by atoms with Crippen molar-refractivity contribution in [3.63, 3.8) is 0 Å². The summed E-state index contributed by atoms with van der Waals surface area (Å²) in [7, 11) is 0. The standard InChI is InChI=1S/C8H15NO3/c1-6(10)3-4-8(12)9-5-7(2)11/h7,11H,3-5H2,1-2H3,(H,9,12)/t7-/m0/s1. The molecule has 0 aromatic heterocycles. The highest BCUT2D eigenvalue weighted by atomic mass is 16.3. The third-order valence-electron chi connectivity index (χ3n) is 1.30. The van der Waals surface area contributed by atoms with Crippen LogP contribution in [0, 0.1) is 0 Å². The van der Waals surface area contributed by atoms with Crippen LogP contribution in [0.5, 0.6) is 0 Å². The summed E-state index contributed by atoms with van der Waals surface area (Å²) in [4.78, 5) is 21.3. The first-order valence-corrected chi connectivity index (χ1v) is 3.96. The highest BCUT2D eigenvalue weighted by Crippen LogP contribution is 1.89. The van der Waals surface area contributed by atoms with Crippen LogP contribution in [-0.2, 0) is 9.59 Å². The summed E-state index contributed by atoms with van der Waals surface area (Å²) >= 11 is 0. The molecule has 0 aliphatic heterocycles. The fourth-order valence-corrected chi connectivity index (χ4v) is 0.639. The van der Waals surface area contributed by atoms with Gasteiger partial charge in [0.2, 0.25) is 5.91 Å². The number of rotatable bonds is 5. The van der Waals surface area contributed by atoms with E-state index in [-0.39, 0.29) is 31.1 Å². The van der Waals surface area contributed by atoms with Gasteiger partial charge in [-0.3, -0.25) is 4.79 Å². The van der Waals surface area contributed by atoms with Crippen LogP contribution in [0.3, 0.4) is 0 Å². The molecule has 4 nitrogen and oxygen atoms in total. The fraction of sp³-hybridized carbons (Fsp3) is 0.750. The van der Waals surface area contributed by atoms with Gasteiger partial charge in [0.15, 0.2) is 0 Å². The Morgan fingerprint density at radius 1 is 1.42 bits per heavy atom. The number of hydrogen-bond acceptors (Lipinski definition) is 3. The SMILES string of the molecule is CC(=O)CCC(=O)NC[C@H](C)O. The van der Waals surface area contributed by atoms with Crippen molar-refractivity contribution in [2.75, 3.05) is 6.54 Å². The molecule has 0 saturated carbocycles. The number of ketones is 1. The van der Waals surface area contributed by atoms with Crippen LogP contribution in [0.4, 0.5) is 0 Å².